The molecule has 0 bridgehead atoms. The maximum absolute atomic E-state index is 12.7. The van der Waals surface area contributed by atoms with Crippen LogP contribution in [0.1, 0.15) is 29.8 Å². The predicted molar refractivity (Wildman–Crippen MR) is 113 cm³/mol. The number of rotatable bonds is 1. The normalized spacial score (nSPS) is 23.2. The summed E-state index contributed by atoms with van der Waals surface area (Å²) in [5.74, 6) is -0.444. The first-order chi connectivity index (χ1) is 13.8. The first-order valence-corrected chi connectivity index (χ1v) is 10.9. The standard InChI is InChI=1S/C24H19NO3S/c1-24(2)18-8-4-5-9-19(18)25-14-13-16(15-22(24)25)11-12-21-23(26)17-7-3-6-10-20(17)29(21,27)28/h3-15H,1-2H3. The topological polar surface area (TPSA) is 54.5 Å². The van der Waals surface area contributed by atoms with Crippen LogP contribution in [0.4, 0.5) is 5.69 Å². The monoisotopic (exact) mass is 401 g/mol. The molecule has 0 saturated carbocycles. The minimum Gasteiger partial charge on any atom is -0.320 e. The van der Waals surface area contributed by atoms with E-state index in [1.54, 1.807) is 24.3 Å². The van der Waals surface area contributed by atoms with E-state index in [4.69, 9.17) is 0 Å². The number of hydrogen-bond acceptors (Lipinski definition) is 4. The highest BCUT2D eigenvalue weighted by molar-refractivity contribution is 7.97. The van der Waals surface area contributed by atoms with E-state index in [1.807, 2.05) is 24.4 Å². The van der Waals surface area contributed by atoms with E-state index in [0.29, 0.717) is 0 Å². The fourth-order valence-corrected chi connectivity index (χ4v) is 5.81. The Hall–Kier alpha value is -3.18. The van der Waals surface area contributed by atoms with E-state index in [9.17, 15) is 13.2 Å². The Morgan fingerprint density at radius 1 is 0.966 bits per heavy atom. The number of Topliss-reactive ketones (excluding diaryl/α,β-unsaturated/α-hetero) is 1. The molecule has 0 radical (unpaired) electrons. The molecule has 29 heavy (non-hydrogen) atoms. The number of carbonyl (C=O) groups is 1. The quantitative estimate of drug-likeness (QED) is 0.652. The molecular weight excluding hydrogens is 382 g/mol. The summed E-state index contributed by atoms with van der Waals surface area (Å²) in [6, 6.07) is 14.6. The van der Waals surface area contributed by atoms with E-state index in [0.717, 1.165) is 17.0 Å². The first-order valence-electron chi connectivity index (χ1n) is 9.42. The zero-order chi connectivity index (χ0) is 20.4. The number of nitrogens with zero attached hydrogens (tertiary/aromatic N) is 1. The molecule has 3 heterocycles. The van der Waals surface area contributed by atoms with Gasteiger partial charge in [-0.3, -0.25) is 4.79 Å². The molecule has 144 valence electrons. The average Bonchev–Trinajstić information content (AvgIpc) is 3.06. The Kier molecular flexibility index (Phi) is 3.64. The van der Waals surface area contributed by atoms with Gasteiger partial charge < -0.3 is 4.90 Å². The van der Waals surface area contributed by atoms with Crippen LogP contribution in [0.2, 0.25) is 0 Å². The van der Waals surface area contributed by atoms with Gasteiger partial charge in [-0.05, 0) is 47.6 Å². The van der Waals surface area contributed by atoms with Crippen LogP contribution in [-0.4, -0.2) is 14.2 Å². The van der Waals surface area contributed by atoms with Gasteiger partial charge in [-0.15, -0.1) is 0 Å². The van der Waals surface area contributed by atoms with Crippen molar-refractivity contribution in [2.75, 3.05) is 4.90 Å². The molecule has 0 aromatic heterocycles. The lowest BCUT2D eigenvalue weighted by molar-refractivity contribution is 0.104. The molecule has 0 amide bonds. The van der Waals surface area contributed by atoms with Gasteiger partial charge in [0.15, 0.2) is 0 Å². The van der Waals surface area contributed by atoms with Crippen molar-refractivity contribution < 1.29 is 13.2 Å². The maximum atomic E-state index is 12.7. The Labute approximate surface area is 170 Å². The van der Waals surface area contributed by atoms with Gasteiger partial charge in [-0.25, -0.2) is 8.42 Å². The van der Waals surface area contributed by atoms with Crippen molar-refractivity contribution in [1.29, 1.82) is 0 Å². The van der Waals surface area contributed by atoms with Crippen molar-refractivity contribution in [3.63, 3.8) is 0 Å². The minimum atomic E-state index is -3.77. The molecule has 0 spiro atoms. The van der Waals surface area contributed by atoms with Crippen molar-refractivity contribution in [3.8, 4) is 0 Å². The molecule has 3 aliphatic heterocycles. The maximum Gasteiger partial charge on any atom is 0.211 e. The van der Waals surface area contributed by atoms with Gasteiger partial charge in [-0.2, -0.15) is 0 Å². The third-order valence-electron chi connectivity index (χ3n) is 5.82. The van der Waals surface area contributed by atoms with Gasteiger partial charge in [0.25, 0.3) is 0 Å². The molecule has 0 N–H and O–H groups in total. The highest BCUT2D eigenvalue weighted by atomic mass is 32.2. The van der Waals surface area contributed by atoms with Gasteiger partial charge in [0.2, 0.25) is 15.6 Å². The molecule has 0 saturated heterocycles. The third-order valence-corrected chi connectivity index (χ3v) is 7.65. The lowest BCUT2D eigenvalue weighted by atomic mass is 9.83. The van der Waals surface area contributed by atoms with E-state index in [-0.39, 0.29) is 20.8 Å². The average molecular weight is 401 g/mol. The van der Waals surface area contributed by atoms with E-state index < -0.39 is 15.6 Å². The van der Waals surface area contributed by atoms with Crippen LogP contribution in [0.5, 0.6) is 0 Å². The number of allylic oxidation sites excluding steroid dienone is 7. The first kappa shape index (κ1) is 17.9. The Bertz CT molecular complexity index is 1310. The summed E-state index contributed by atoms with van der Waals surface area (Å²) in [6.07, 6.45) is 9.11. The predicted octanol–water partition coefficient (Wildman–Crippen LogP) is 4.68. The summed E-state index contributed by atoms with van der Waals surface area (Å²) in [5, 5.41) is 0. The van der Waals surface area contributed by atoms with Crippen molar-refractivity contribution in [2.45, 2.75) is 24.2 Å². The van der Waals surface area contributed by atoms with Crippen LogP contribution in [0.3, 0.4) is 0 Å². The van der Waals surface area contributed by atoms with E-state index in [1.165, 1.54) is 17.7 Å². The van der Waals surface area contributed by atoms with Crippen molar-refractivity contribution in [3.05, 3.63) is 106 Å². The Morgan fingerprint density at radius 2 is 1.69 bits per heavy atom. The number of anilines is 1. The third kappa shape index (κ3) is 2.44. The van der Waals surface area contributed by atoms with Crippen molar-refractivity contribution >= 4 is 21.3 Å². The fourth-order valence-electron chi connectivity index (χ4n) is 4.26. The molecule has 2 aromatic carbocycles. The van der Waals surface area contributed by atoms with Crippen LogP contribution in [0, 0.1) is 0 Å². The molecule has 2 aromatic rings. The second-order valence-corrected chi connectivity index (χ2v) is 9.77. The molecule has 0 atom stereocenters. The van der Waals surface area contributed by atoms with Crippen molar-refractivity contribution in [2.24, 2.45) is 0 Å². The van der Waals surface area contributed by atoms with Crippen LogP contribution < -0.4 is 4.90 Å². The summed E-state index contributed by atoms with van der Waals surface area (Å²) in [4.78, 5) is 14.7. The lowest BCUT2D eigenvalue weighted by Crippen LogP contribution is -2.24. The molecule has 4 nitrogen and oxygen atoms in total. The number of benzene rings is 2. The minimum absolute atomic E-state index is 0.0886. The number of fused-ring (bicyclic) bond motifs is 4. The smallest absolute Gasteiger partial charge is 0.211 e. The molecule has 5 heteroatoms. The number of ketones is 1. The molecule has 3 aliphatic rings. The molecule has 0 aliphatic carbocycles. The number of para-hydroxylation sites is 1. The Morgan fingerprint density at radius 3 is 2.48 bits per heavy atom. The summed E-state index contributed by atoms with van der Waals surface area (Å²) in [5.41, 5.74) is 4.45. The SMILES string of the molecule is CC1(C)C2=CC(=CC=C3C(=O)c4ccccc4S3(=O)=O)C=CN2c2ccccc21. The van der Waals surface area contributed by atoms with Crippen LogP contribution in [0.25, 0.3) is 0 Å². The second-order valence-electron chi connectivity index (χ2n) is 7.88. The molecular formula is C24H19NO3S. The Balaban J connectivity index is 1.56. The number of sulfone groups is 1. The van der Waals surface area contributed by atoms with Crippen LogP contribution in [-0.2, 0) is 15.3 Å². The fraction of sp³-hybridized carbons (Fsp3) is 0.125. The number of hydrogen-bond donors (Lipinski definition) is 0. The van der Waals surface area contributed by atoms with Crippen LogP contribution in [0.15, 0.2) is 100 Å². The van der Waals surface area contributed by atoms with Gasteiger partial charge in [0.1, 0.15) is 4.91 Å². The molecule has 5 rings (SSSR count). The summed E-state index contributed by atoms with van der Waals surface area (Å²) in [7, 11) is -3.77. The van der Waals surface area contributed by atoms with E-state index in [2.05, 4.69) is 37.0 Å². The zero-order valence-electron chi connectivity index (χ0n) is 16.1. The second kappa shape index (κ2) is 5.91. The van der Waals surface area contributed by atoms with Gasteiger partial charge >= 0.3 is 0 Å². The summed E-state index contributed by atoms with van der Waals surface area (Å²) >= 11 is 0. The van der Waals surface area contributed by atoms with Gasteiger partial charge in [0, 0.05) is 28.6 Å². The number of carbonyl (C=O) groups excluding carboxylic acids is 1. The summed E-state index contributed by atoms with van der Waals surface area (Å²) in [6.45, 7) is 4.35. The van der Waals surface area contributed by atoms with Gasteiger partial charge in [-0.1, -0.05) is 50.3 Å². The zero-order valence-corrected chi connectivity index (χ0v) is 16.9. The molecule has 0 fully saturated rings. The van der Waals surface area contributed by atoms with Crippen LogP contribution >= 0.6 is 0 Å². The summed E-state index contributed by atoms with van der Waals surface area (Å²) < 4.78 is 25.5. The van der Waals surface area contributed by atoms with Crippen molar-refractivity contribution in [1.82, 2.24) is 0 Å². The van der Waals surface area contributed by atoms with E-state index >= 15 is 0 Å². The van der Waals surface area contributed by atoms with Gasteiger partial charge in [0.05, 0.1) is 4.90 Å². The highest BCUT2D eigenvalue weighted by Gasteiger charge is 2.40. The lowest BCUT2D eigenvalue weighted by Gasteiger charge is -2.27. The largest absolute Gasteiger partial charge is 0.320 e. The molecule has 0 unspecified atom stereocenters. The highest BCUT2D eigenvalue weighted by Crippen LogP contribution is 2.49.